The van der Waals surface area contributed by atoms with Gasteiger partial charge in [0.25, 0.3) is 0 Å². The molecular weight excluding hydrogens is 539 g/mol. The first-order valence-corrected chi connectivity index (χ1v) is 12.2. The van der Waals surface area contributed by atoms with Crippen LogP contribution in [-0.2, 0) is 30.0 Å². The molecule has 1 fully saturated rings. The van der Waals surface area contributed by atoms with Crippen LogP contribution in [0.5, 0.6) is 0 Å². The normalized spacial score (nSPS) is 16.0. The lowest BCUT2D eigenvalue weighted by Crippen LogP contribution is -2.42. The van der Waals surface area contributed by atoms with Crippen molar-refractivity contribution in [3.63, 3.8) is 0 Å². The molecule has 178 valence electrons. The maximum atomic E-state index is 12.7. The standard InChI is InChI=1S/C22H34N6O2S.HI/c1-16(14-21-17(2)26-27(5)18(21)3)25-22(23-4)24-15-19-8-10-20(11-9-19)31(29,30)28-12-6-7-13-28;/h8-11,16H,6-7,12-15H2,1-5H3,(H2,23,24,25);1H. The van der Waals surface area contributed by atoms with Crippen molar-refractivity contribution in [3.8, 4) is 0 Å². The molecule has 0 bridgehead atoms. The summed E-state index contributed by atoms with van der Waals surface area (Å²) < 4.78 is 28.8. The average molecular weight is 575 g/mol. The highest BCUT2D eigenvalue weighted by Gasteiger charge is 2.26. The van der Waals surface area contributed by atoms with E-state index in [-0.39, 0.29) is 30.0 Å². The molecule has 0 spiro atoms. The third kappa shape index (κ3) is 6.22. The van der Waals surface area contributed by atoms with Crippen molar-refractivity contribution in [2.75, 3.05) is 20.1 Å². The summed E-state index contributed by atoms with van der Waals surface area (Å²) in [6.07, 6.45) is 2.73. The van der Waals surface area contributed by atoms with Crippen molar-refractivity contribution < 1.29 is 8.42 Å². The molecular formula is C22H35IN6O2S. The van der Waals surface area contributed by atoms with E-state index in [9.17, 15) is 8.42 Å². The Morgan fingerprint density at radius 1 is 1.19 bits per heavy atom. The van der Waals surface area contributed by atoms with Gasteiger partial charge in [-0.25, -0.2) is 8.42 Å². The van der Waals surface area contributed by atoms with Crippen LogP contribution in [0.2, 0.25) is 0 Å². The summed E-state index contributed by atoms with van der Waals surface area (Å²) in [7, 11) is 0.336. The first-order chi connectivity index (χ1) is 14.7. The number of hydrogen-bond donors (Lipinski definition) is 2. The van der Waals surface area contributed by atoms with E-state index in [1.807, 2.05) is 30.8 Å². The molecule has 1 atom stereocenters. The van der Waals surface area contributed by atoms with Gasteiger partial charge < -0.3 is 10.6 Å². The molecule has 0 amide bonds. The smallest absolute Gasteiger partial charge is 0.243 e. The number of guanidine groups is 1. The van der Waals surface area contributed by atoms with Crippen molar-refractivity contribution >= 4 is 40.0 Å². The van der Waals surface area contributed by atoms with Crippen molar-refractivity contribution in [1.29, 1.82) is 0 Å². The Labute approximate surface area is 208 Å². The number of nitrogens with zero attached hydrogens (tertiary/aromatic N) is 4. The van der Waals surface area contributed by atoms with Crippen LogP contribution in [0, 0.1) is 13.8 Å². The minimum absolute atomic E-state index is 0. The van der Waals surface area contributed by atoms with E-state index < -0.39 is 10.0 Å². The molecule has 1 aromatic carbocycles. The quantitative estimate of drug-likeness (QED) is 0.302. The summed E-state index contributed by atoms with van der Waals surface area (Å²) in [5, 5.41) is 11.2. The number of aromatic nitrogens is 2. The van der Waals surface area contributed by atoms with Crippen molar-refractivity contribution in [2.24, 2.45) is 12.0 Å². The summed E-state index contributed by atoms with van der Waals surface area (Å²) in [6.45, 7) is 8.03. The van der Waals surface area contributed by atoms with Gasteiger partial charge in [0, 0.05) is 45.5 Å². The number of nitrogens with one attached hydrogen (secondary N) is 2. The van der Waals surface area contributed by atoms with Gasteiger partial charge in [0.05, 0.1) is 10.6 Å². The Hall–Kier alpha value is -1.66. The third-order valence-corrected chi connectivity index (χ3v) is 7.77. The fourth-order valence-electron chi connectivity index (χ4n) is 3.94. The van der Waals surface area contributed by atoms with E-state index in [1.54, 1.807) is 23.5 Å². The Kier molecular flexibility index (Phi) is 9.53. The van der Waals surface area contributed by atoms with Crippen molar-refractivity contribution in [2.45, 2.75) is 57.5 Å². The van der Waals surface area contributed by atoms with Gasteiger partial charge in [0.2, 0.25) is 10.0 Å². The molecule has 32 heavy (non-hydrogen) atoms. The number of halogens is 1. The highest BCUT2D eigenvalue weighted by Crippen LogP contribution is 2.21. The van der Waals surface area contributed by atoms with E-state index in [1.165, 1.54) is 11.3 Å². The second-order valence-corrected chi connectivity index (χ2v) is 10.1. The van der Waals surface area contributed by atoms with Crippen molar-refractivity contribution in [3.05, 3.63) is 46.8 Å². The van der Waals surface area contributed by atoms with Crippen LogP contribution in [-0.4, -0.2) is 54.6 Å². The molecule has 2 aromatic rings. The lowest BCUT2D eigenvalue weighted by atomic mass is 10.1. The van der Waals surface area contributed by atoms with Gasteiger partial charge in [0.1, 0.15) is 0 Å². The highest BCUT2D eigenvalue weighted by atomic mass is 127. The van der Waals surface area contributed by atoms with Crippen LogP contribution in [0.4, 0.5) is 0 Å². The van der Waals surface area contributed by atoms with Crippen LogP contribution < -0.4 is 10.6 Å². The lowest BCUT2D eigenvalue weighted by molar-refractivity contribution is 0.477. The van der Waals surface area contributed by atoms with Gasteiger partial charge in [0.15, 0.2) is 5.96 Å². The third-order valence-electron chi connectivity index (χ3n) is 5.86. The van der Waals surface area contributed by atoms with E-state index >= 15 is 0 Å². The first-order valence-electron chi connectivity index (χ1n) is 10.8. The lowest BCUT2D eigenvalue weighted by Gasteiger charge is -2.19. The second-order valence-electron chi connectivity index (χ2n) is 8.20. The molecule has 1 unspecified atom stereocenters. The Balaban J connectivity index is 0.00000363. The van der Waals surface area contributed by atoms with E-state index in [0.29, 0.717) is 30.5 Å². The molecule has 1 saturated heterocycles. The second kappa shape index (κ2) is 11.5. The average Bonchev–Trinajstić information content (AvgIpc) is 3.37. The monoisotopic (exact) mass is 574 g/mol. The van der Waals surface area contributed by atoms with Gasteiger partial charge in [-0.1, -0.05) is 12.1 Å². The zero-order valence-electron chi connectivity index (χ0n) is 19.6. The summed E-state index contributed by atoms with van der Waals surface area (Å²) in [5.74, 6) is 0.709. The molecule has 0 saturated carbocycles. The van der Waals surface area contributed by atoms with Gasteiger partial charge in [-0.05, 0) is 63.3 Å². The highest BCUT2D eigenvalue weighted by molar-refractivity contribution is 14.0. The van der Waals surface area contributed by atoms with Crippen LogP contribution in [0.15, 0.2) is 34.2 Å². The minimum Gasteiger partial charge on any atom is -0.354 e. The van der Waals surface area contributed by atoms with E-state index in [4.69, 9.17) is 0 Å². The number of rotatable bonds is 7. The van der Waals surface area contributed by atoms with E-state index in [2.05, 4.69) is 34.6 Å². The summed E-state index contributed by atoms with van der Waals surface area (Å²) >= 11 is 0. The maximum Gasteiger partial charge on any atom is 0.243 e. The van der Waals surface area contributed by atoms with E-state index in [0.717, 1.165) is 30.5 Å². The topological polar surface area (TPSA) is 91.6 Å². The predicted octanol–water partition coefficient (Wildman–Crippen LogP) is 2.74. The molecule has 1 aliphatic heterocycles. The Morgan fingerprint density at radius 2 is 1.81 bits per heavy atom. The van der Waals surface area contributed by atoms with Crippen molar-refractivity contribution in [1.82, 2.24) is 24.7 Å². The largest absolute Gasteiger partial charge is 0.354 e. The van der Waals surface area contributed by atoms with Crippen LogP contribution in [0.3, 0.4) is 0 Å². The zero-order chi connectivity index (χ0) is 22.6. The molecule has 0 radical (unpaired) electrons. The number of sulfonamides is 1. The van der Waals surface area contributed by atoms with Gasteiger partial charge in [-0.3, -0.25) is 9.67 Å². The minimum atomic E-state index is -3.37. The number of aliphatic imine (C=N–C) groups is 1. The molecule has 2 N–H and O–H groups in total. The predicted molar refractivity (Wildman–Crippen MR) is 139 cm³/mol. The number of hydrogen-bond acceptors (Lipinski definition) is 4. The Bertz CT molecular complexity index is 1030. The summed E-state index contributed by atoms with van der Waals surface area (Å²) in [5.41, 5.74) is 4.49. The zero-order valence-corrected chi connectivity index (χ0v) is 22.7. The summed E-state index contributed by atoms with van der Waals surface area (Å²) in [6, 6.07) is 7.28. The number of aryl methyl sites for hydroxylation is 2. The molecule has 3 rings (SSSR count). The fraction of sp³-hybridized carbons (Fsp3) is 0.545. The molecule has 0 aliphatic carbocycles. The fourth-order valence-corrected chi connectivity index (χ4v) is 5.46. The molecule has 1 aromatic heterocycles. The molecule has 1 aliphatic rings. The van der Waals surface area contributed by atoms with Crippen LogP contribution in [0.25, 0.3) is 0 Å². The summed E-state index contributed by atoms with van der Waals surface area (Å²) in [4.78, 5) is 4.67. The Morgan fingerprint density at radius 3 is 2.34 bits per heavy atom. The van der Waals surface area contributed by atoms with Gasteiger partial charge in [-0.2, -0.15) is 9.40 Å². The first kappa shape index (κ1) is 26.6. The SMILES string of the molecule is CN=C(NCc1ccc(S(=O)(=O)N2CCCC2)cc1)NC(C)Cc1c(C)nn(C)c1C.I. The maximum absolute atomic E-state index is 12.7. The molecule has 2 heterocycles. The molecule has 10 heteroatoms. The molecule has 8 nitrogen and oxygen atoms in total. The van der Waals surface area contributed by atoms with Crippen LogP contribution >= 0.6 is 24.0 Å². The van der Waals surface area contributed by atoms with Gasteiger partial charge in [-0.15, -0.1) is 24.0 Å². The number of benzene rings is 1. The van der Waals surface area contributed by atoms with Gasteiger partial charge >= 0.3 is 0 Å². The van der Waals surface area contributed by atoms with Crippen LogP contribution in [0.1, 0.15) is 42.3 Å².